The van der Waals surface area contributed by atoms with Crippen molar-refractivity contribution in [3.05, 3.63) is 23.5 Å². The van der Waals surface area contributed by atoms with Gasteiger partial charge in [-0.2, -0.15) is 0 Å². The van der Waals surface area contributed by atoms with Crippen molar-refractivity contribution in [1.82, 2.24) is 4.90 Å². The maximum atomic E-state index is 13.1. The number of allylic oxidation sites excluding steroid dienone is 1. The van der Waals surface area contributed by atoms with Crippen LogP contribution < -0.4 is 0 Å². The van der Waals surface area contributed by atoms with E-state index in [4.69, 9.17) is 14.2 Å². The molecule has 174 valence electrons. The van der Waals surface area contributed by atoms with Crippen LogP contribution in [-0.2, 0) is 23.8 Å². The molecule has 1 rings (SSSR count). The average Bonchev–Trinajstić information content (AvgIpc) is 3.03. The highest BCUT2D eigenvalue weighted by atomic mass is 28.3. The monoisotopic (exact) mass is 449 g/mol. The molecule has 1 atom stereocenters. The Morgan fingerprint density at radius 3 is 2.13 bits per heavy atom. The predicted octanol–water partition coefficient (Wildman–Crippen LogP) is 3.94. The molecule has 0 N–H and O–H groups in total. The molecule has 7 heteroatoms. The molecule has 0 fully saturated rings. The maximum Gasteiger partial charge on any atom is 0.324 e. The number of hydrogen-bond acceptors (Lipinski definition) is 6. The number of methoxy groups -OCH3 is 2. The molecule has 1 aliphatic carbocycles. The summed E-state index contributed by atoms with van der Waals surface area (Å²) >= 11 is 0. The van der Waals surface area contributed by atoms with Crippen molar-refractivity contribution in [3.8, 4) is 11.5 Å². The summed E-state index contributed by atoms with van der Waals surface area (Å²) in [7, 11) is 4.90. The molecule has 0 aromatic rings. The number of hydrogen-bond donors (Lipinski definition) is 0. The molecule has 0 aromatic heterocycles. The van der Waals surface area contributed by atoms with Crippen molar-refractivity contribution < 1.29 is 23.8 Å². The number of nitrogens with zero attached hydrogens (tertiary/aromatic N) is 1. The molecule has 1 aliphatic rings. The molecule has 0 aliphatic heterocycles. The van der Waals surface area contributed by atoms with E-state index < -0.39 is 31.0 Å². The summed E-state index contributed by atoms with van der Waals surface area (Å²) in [5.41, 5.74) is 2.19. The first-order valence-corrected chi connectivity index (χ1v) is 14.3. The minimum Gasteiger partial charge on any atom is -0.494 e. The molecule has 0 heterocycles. The Bertz CT molecular complexity index is 766. The lowest BCUT2D eigenvalue weighted by Gasteiger charge is -2.40. The van der Waals surface area contributed by atoms with E-state index in [0.29, 0.717) is 6.61 Å². The van der Waals surface area contributed by atoms with E-state index in [9.17, 15) is 9.59 Å². The van der Waals surface area contributed by atoms with Gasteiger partial charge in [-0.25, -0.2) is 0 Å². The quantitative estimate of drug-likeness (QED) is 0.218. The Kier molecular flexibility index (Phi) is 9.59. The number of esters is 2. The molecule has 0 saturated heterocycles. The molecular formula is C24H39NO5Si. The van der Waals surface area contributed by atoms with Crippen LogP contribution in [-0.4, -0.2) is 65.4 Å². The van der Waals surface area contributed by atoms with Crippen LogP contribution in [0.5, 0.6) is 0 Å². The maximum absolute atomic E-state index is 13.1. The van der Waals surface area contributed by atoms with Gasteiger partial charge >= 0.3 is 11.9 Å². The molecule has 0 aromatic carbocycles. The van der Waals surface area contributed by atoms with Gasteiger partial charge in [0.15, 0.2) is 5.41 Å². The van der Waals surface area contributed by atoms with E-state index in [1.165, 1.54) is 14.2 Å². The van der Waals surface area contributed by atoms with Crippen LogP contribution in [0.2, 0.25) is 19.6 Å². The average molecular weight is 450 g/mol. The minimum atomic E-state index is -1.69. The first-order chi connectivity index (χ1) is 14.4. The van der Waals surface area contributed by atoms with E-state index in [1.54, 1.807) is 0 Å². The van der Waals surface area contributed by atoms with E-state index >= 15 is 0 Å². The van der Waals surface area contributed by atoms with Gasteiger partial charge in [0.05, 0.1) is 26.4 Å². The number of carbonyl (C=O) groups excluding carboxylic acids is 2. The van der Waals surface area contributed by atoms with Crippen LogP contribution in [0.1, 0.15) is 39.5 Å². The number of carbonyl (C=O) groups is 2. The largest absolute Gasteiger partial charge is 0.494 e. The molecule has 0 amide bonds. The molecular weight excluding hydrogens is 410 g/mol. The number of ether oxygens (including phenoxy) is 3. The topological polar surface area (TPSA) is 65.1 Å². The van der Waals surface area contributed by atoms with Gasteiger partial charge < -0.3 is 14.2 Å². The van der Waals surface area contributed by atoms with Gasteiger partial charge in [0.2, 0.25) is 0 Å². The summed E-state index contributed by atoms with van der Waals surface area (Å²) in [6, 6.07) is 0. The normalized spacial score (nSPS) is 18.6. The smallest absolute Gasteiger partial charge is 0.324 e. The standard InChI is InChI=1S/C24H39NO5Si/c1-10-13-24(25(3)4)18-20(30-11-2)16-19(24)17-23(21(26)28-5,22(27)29-6)14-12-15-31(7,8)9/h16,18H,10-11,13-14,17H2,1-9H3. The fourth-order valence-electron chi connectivity index (χ4n) is 3.98. The van der Waals surface area contributed by atoms with Crippen LogP contribution in [0.15, 0.2) is 23.5 Å². The second kappa shape index (κ2) is 11.0. The van der Waals surface area contributed by atoms with Gasteiger partial charge in [0.25, 0.3) is 0 Å². The predicted molar refractivity (Wildman–Crippen MR) is 126 cm³/mol. The summed E-state index contributed by atoms with van der Waals surface area (Å²) in [4.78, 5) is 28.2. The summed E-state index contributed by atoms with van der Waals surface area (Å²) in [6.45, 7) is 10.9. The molecule has 0 saturated carbocycles. The fraction of sp³-hybridized carbons (Fsp3) is 0.667. The van der Waals surface area contributed by atoms with Crippen molar-refractivity contribution in [3.63, 3.8) is 0 Å². The highest BCUT2D eigenvalue weighted by molar-refractivity contribution is 6.83. The van der Waals surface area contributed by atoms with E-state index in [2.05, 4.69) is 49.0 Å². The van der Waals surface area contributed by atoms with E-state index in [1.807, 2.05) is 27.1 Å². The second-order valence-electron chi connectivity index (χ2n) is 9.19. The molecule has 0 spiro atoms. The molecule has 31 heavy (non-hydrogen) atoms. The summed E-state index contributed by atoms with van der Waals surface area (Å²) in [5, 5.41) is 0. The van der Waals surface area contributed by atoms with E-state index in [0.717, 1.165) is 24.2 Å². The van der Waals surface area contributed by atoms with Gasteiger partial charge in [0, 0.05) is 6.42 Å². The fourth-order valence-corrected chi connectivity index (χ4v) is 4.60. The van der Waals surface area contributed by atoms with Crippen LogP contribution in [0.25, 0.3) is 0 Å². The third kappa shape index (κ3) is 6.24. The van der Waals surface area contributed by atoms with Crippen LogP contribution in [0.3, 0.4) is 0 Å². The van der Waals surface area contributed by atoms with Gasteiger partial charge in [-0.1, -0.05) is 33.0 Å². The van der Waals surface area contributed by atoms with Gasteiger partial charge in [-0.05, 0) is 51.6 Å². The number of likely N-dealkylation sites (N-methyl/N-ethyl adjacent to an activating group) is 1. The van der Waals surface area contributed by atoms with Gasteiger partial charge in [-0.15, -0.1) is 11.5 Å². The highest BCUT2D eigenvalue weighted by Crippen LogP contribution is 2.45. The summed E-state index contributed by atoms with van der Waals surface area (Å²) in [5.74, 6) is 2.61. The Labute approximate surface area is 189 Å². The highest BCUT2D eigenvalue weighted by Gasteiger charge is 2.52. The Hall–Kier alpha value is -2.04. The van der Waals surface area contributed by atoms with Crippen molar-refractivity contribution in [2.75, 3.05) is 34.9 Å². The lowest BCUT2D eigenvalue weighted by Crippen LogP contribution is -2.48. The Morgan fingerprint density at radius 1 is 1.13 bits per heavy atom. The minimum absolute atomic E-state index is 0.0492. The second-order valence-corrected chi connectivity index (χ2v) is 13.9. The van der Waals surface area contributed by atoms with Gasteiger partial charge in [0.1, 0.15) is 13.8 Å². The van der Waals surface area contributed by atoms with Crippen molar-refractivity contribution in [2.45, 2.75) is 64.7 Å². The lowest BCUT2D eigenvalue weighted by atomic mass is 9.73. The lowest BCUT2D eigenvalue weighted by molar-refractivity contribution is -0.168. The third-order valence-corrected chi connectivity index (χ3v) is 6.42. The van der Waals surface area contributed by atoms with Crippen molar-refractivity contribution in [1.29, 1.82) is 0 Å². The third-order valence-electron chi connectivity index (χ3n) is 5.49. The summed E-state index contributed by atoms with van der Waals surface area (Å²) < 4.78 is 16.0. The zero-order chi connectivity index (χ0) is 23.9. The van der Waals surface area contributed by atoms with Crippen LogP contribution in [0, 0.1) is 16.9 Å². The van der Waals surface area contributed by atoms with Crippen molar-refractivity contribution >= 4 is 20.0 Å². The summed E-state index contributed by atoms with van der Waals surface area (Å²) in [6.07, 6.45) is 5.98. The molecule has 6 nitrogen and oxygen atoms in total. The first kappa shape index (κ1) is 27.0. The van der Waals surface area contributed by atoms with Crippen LogP contribution >= 0.6 is 0 Å². The zero-order valence-corrected chi connectivity index (χ0v) is 21.7. The zero-order valence-electron chi connectivity index (χ0n) is 20.7. The first-order valence-electron chi connectivity index (χ1n) is 10.8. The molecule has 0 radical (unpaired) electrons. The molecule has 1 unspecified atom stereocenters. The molecule has 0 bridgehead atoms. The van der Waals surface area contributed by atoms with Gasteiger partial charge in [-0.3, -0.25) is 14.5 Å². The van der Waals surface area contributed by atoms with Crippen molar-refractivity contribution in [2.24, 2.45) is 5.41 Å². The van der Waals surface area contributed by atoms with Crippen LogP contribution in [0.4, 0.5) is 0 Å². The SMILES string of the molecule is CCCC1(N(C)C)C=C(OCC)C=C1CC(CC#C[Si](C)(C)C)(C(=O)OC)C(=O)OC. The van der Waals surface area contributed by atoms with E-state index in [-0.39, 0.29) is 12.8 Å². The number of rotatable bonds is 10. The Balaban J connectivity index is 3.60. The Morgan fingerprint density at radius 2 is 1.71 bits per heavy atom.